The van der Waals surface area contributed by atoms with E-state index in [0.29, 0.717) is 5.92 Å². The van der Waals surface area contributed by atoms with Gasteiger partial charge in [0.25, 0.3) is 0 Å². The van der Waals surface area contributed by atoms with Gasteiger partial charge in [0.2, 0.25) is 5.89 Å². The van der Waals surface area contributed by atoms with Crippen molar-refractivity contribution >= 4 is 0 Å². The van der Waals surface area contributed by atoms with Gasteiger partial charge < -0.3 is 4.42 Å². The van der Waals surface area contributed by atoms with Gasteiger partial charge in [0.15, 0.2) is 0 Å². The summed E-state index contributed by atoms with van der Waals surface area (Å²) in [6.07, 6.45) is 0.920. The van der Waals surface area contributed by atoms with Crippen LogP contribution in [-0.4, -0.2) is 4.98 Å². The van der Waals surface area contributed by atoms with Crippen molar-refractivity contribution in [2.75, 3.05) is 0 Å². The fourth-order valence-corrected chi connectivity index (χ4v) is 1.89. The predicted molar refractivity (Wildman–Crippen MR) is 92.8 cm³/mol. The van der Waals surface area contributed by atoms with Crippen molar-refractivity contribution in [3.63, 3.8) is 0 Å². The molecule has 0 amide bonds. The number of hydrogen-bond donors (Lipinski definition) is 0. The van der Waals surface area contributed by atoms with Gasteiger partial charge in [0, 0.05) is 11.5 Å². The Morgan fingerprint density at radius 2 is 1.52 bits per heavy atom. The molecule has 1 aromatic carbocycles. The second kappa shape index (κ2) is 10.2. The largest absolute Gasteiger partial charge is 0.441 e. The number of rotatable bonds is 3. The Bertz CT molecular complexity index is 495. The van der Waals surface area contributed by atoms with Gasteiger partial charge in [-0.15, -0.1) is 0 Å². The molecule has 118 valence electrons. The van der Waals surface area contributed by atoms with Crippen LogP contribution in [0.2, 0.25) is 0 Å². The lowest BCUT2D eigenvalue weighted by atomic mass is 10.1. The molecule has 0 atom stereocenters. The van der Waals surface area contributed by atoms with Crippen LogP contribution in [0.5, 0.6) is 0 Å². The van der Waals surface area contributed by atoms with Crippen molar-refractivity contribution in [2.45, 2.75) is 67.7 Å². The zero-order valence-corrected chi connectivity index (χ0v) is 14.9. The van der Waals surface area contributed by atoms with Gasteiger partial charge in [-0.1, -0.05) is 66.2 Å². The Balaban J connectivity index is 0.000000921. The molecule has 0 saturated carbocycles. The molecule has 0 saturated heterocycles. The van der Waals surface area contributed by atoms with Crippen LogP contribution in [0.25, 0.3) is 11.5 Å². The van der Waals surface area contributed by atoms with Gasteiger partial charge in [-0.2, -0.15) is 0 Å². The molecule has 2 heteroatoms. The average Bonchev–Trinajstić information content (AvgIpc) is 2.96. The van der Waals surface area contributed by atoms with Crippen LogP contribution < -0.4 is 0 Å². The van der Waals surface area contributed by atoms with E-state index in [2.05, 4.69) is 56.9 Å². The molecule has 2 nitrogen and oxygen atoms in total. The quantitative estimate of drug-likeness (QED) is 0.654. The van der Waals surface area contributed by atoms with Gasteiger partial charge >= 0.3 is 0 Å². The lowest BCUT2D eigenvalue weighted by Crippen LogP contribution is -1.90. The van der Waals surface area contributed by atoms with Gasteiger partial charge in [0.1, 0.15) is 5.76 Å². The molecule has 1 aromatic heterocycles. The van der Waals surface area contributed by atoms with E-state index in [1.165, 1.54) is 5.56 Å². The molecular weight excluding hydrogens is 258 g/mol. The topological polar surface area (TPSA) is 26.0 Å². The summed E-state index contributed by atoms with van der Waals surface area (Å²) in [5.74, 6) is 2.14. The molecule has 0 aliphatic carbocycles. The number of benzene rings is 1. The second-order valence-electron chi connectivity index (χ2n) is 4.70. The number of aromatic nitrogens is 1. The standard InChI is InChI=1S/C15H19NO.2C2H6/c1-5-13-14(10(2)3)17-15(16-13)12-8-6-11(4)7-9-12;2*1-2/h6-10H,5H2,1-4H3;2*1-2H3. The Morgan fingerprint density at radius 1 is 1.00 bits per heavy atom. The Hall–Kier alpha value is -1.57. The van der Waals surface area contributed by atoms with Gasteiger partial charge in [-0.05, 0) is 25.5 Å². The van der Waals surface area contributed by atoms with Gasteiger partial charge in [0.05, 0.1) is 5.69 Å². The van der Waals surface area contributed by atoms with Crippen molar-refractivity contribution in [3.8, 4) is 11.5 Å². The summed E-state index contributed by atoms with van der Waals surface area (Å²) in [5.41, 5.74) is 3.38. The van der Waals surface area contributed by atoms with Crippen molar-refractivity contribution in [2.24, 2.45) is 0 Å². The van der Waals surface area contributed by atoms with Crippen LogP contribution in [0, 0.1) is 6.92 Å². The highest BCUT2D eigenvalue weighted by Crippen LogP contribution is 2.27. The lowest BCUT2D eigenvalue weighted by molar-refractivity contribution is 0.491. The number of nitrogens with zero attached hydrogens (tertiary/aromatic N) is 1. The summed E-state index contributed by atoms with van der Waals surface area (Å²) < 4.78 is 5.88. The first-order valence-corrected chi connectivity index (χ1v) is 8.18. The molecule has 0 radical (unpaired) electrons. The fraction of sp³-hybridized carbons (Fsp3) is 0.526. The van der Waals surface area contributed by atoms with Crippen molar-refractivity contribution < 1.29 is 4.42 Å². The number of aryl methyl sites for hydroxylation is 2. The molecule has 2 rings (SSSR count). The molecule has 0 bridgehead atoms. The van der Waals surface area contributed by atoms with Crippen LogP contribution in [0.15, 0.2) is 28.7 Å². The van der Waals surface area contributed by atoms with E-state index >= 15 is 0 Å². The molecule has 0 fully saturated rings. The van der Waals surface area contributed by atoms with Gasteiger partial charge in [-0.3, -0.25) is 0 Å². The first kappa shape index (κ1) is 19.4. The lowest BCUT2D eigenvalue weighted by Gasteiger charge is -2.00. The van der Waals surface area contributed by atoms with E-state index in [1.54, 1.807) is 0 Å². The highest BCUT2D eigenvalue weighted by molar-refractivity contribution is 5.54. The Kier molecular flexibility index (Phi) is 9.44. The van der Waals surface area contributed by atoms with Crippen molar-refractivity contribution in [1.82, 2.24) is 4.98 Å². The van der Waals surface area contributed by atoms with Crippen LogP contribution >= 0.6 is 0 Å². The summed E-state index contributed by atoms with van der Waals surface area (Å²) in [7, 11) is 0. The summed E-state index contributed by atoms with van der Waals surface area (Å²) >= 11 is 0. The molecule has 0 aliphatic rings. The normalized spacial score (nSPS) is 9.57. The summed E-state index contributed by atoms with van der Waals surface area (Å²) in [5, 5.41) is 0. The maximum absolute atomic E-state index is 5.88. The molecule has 0 unspecified atom stereocenters. The van der Waals surface area contributed by atoms with Gasteiger partial charge in [-0.25, -0.2) is 4.98 Å². The molecule has 2 aromatic rings. The third-order valence-electron chi connectivity index (χ3n) is 2.89. The minimum atomic E-state index is 0.386. The predicted octanol–water partition coefficient (Wildman–Crippen LogP) is 6.39. The fourth-order valence-electron chi connectivity index (χ4n) is 1.89. The molecule has 0 spiro atoms. The zero-order valence-electron chi connectivity index (χ0n) is 14.9. The SMILES string of the molecule is CC.CC.CCc1nc(-c2ccc(C)cc2)oc1C(C)C. The average molecular weight is 289 g/mol. The molecule has 0 N–H and O–H groups in total. The minimum absolute atomic E-state index is 0.386. The number of hydrogen-bond acceptors (Lipinski definition) is 2. The van der Waals surface area contributed by atoms with E-state index < -0.39 is 0 Å². The van der Waals surface area contributed by atoms with E-state index in [1.807, 2.05) is 27.7 Å². The first-order valence-electron chi connectivity index (χ1n) is 8.18. The smallest absolute Gasteiger partial charge is 0.226 e. The maximum atomic E-state index is 5.88. The van der Waals surface area contributed by atoms with E-state index in [9.17, 15) is 0 Å². The first-order chi connectivity index (χ1) is 10.1. The summed E-state index contributed by atoms with van der Waals surface area (Å²) in [6, 6.07) is 8.29. The summed E-state index contributed by atoms with van der Waals surface area (Å²) in [4.78, 5) is 4.58. The summed E-state index contributed by atoms with van der Waals surface area (Å²) in [6.45, 7) is 16.5. The zero-order chi connectivity index (χ0) is 16.4. The Labute approximate surface area is 130 Å². The monoisotopic (exact) mass is 289 g/mol. The molecular formula is C19H31NO. The van der Waals surface area contributed by atoms with E-state index in [0.717, 1.165) is 29.3 Å². The van der Waals surface area contributed by atoms with Crippen LogP contribution in [0.4, 0.5) is 0 Å². The molecule has 21 heavy (non-hydrogen) atoms. The third kappa shape index (κ3) is 5.37. The molecule has 1 heterocycles. The Morgan fingerprint density at radius 3 is 1.90 bits per heavy atom. The highest BCUT2D eigenvalue weighted by atomic mass is 16.4. The third-order valence-corrected chi connectivity index (χ3v) is 2.89. The maximum Gasteiger partial charge on any atom is 0.226 e. The van der Waals surface area contributed by atoms with E-state index in [4.69, 9.17) is 4.42 Å². The van der Waals surface area contributed by atoms with Crippen molar-refractivity contribution in [1.29, 1.82) is 0 Å². The van der Waals surface area contributed by atoms with Crippen molar-refractivity contribution in [3.05, 3.63) is 41.3 Å². The van der Waals surface area contributed by atoms with E-state index in [-0.39, 0.29) is 0 Å². The second-order valence-corrected chi connectivity index (χ2v) is 4.70. The molecule has 0 aliphatic heterocycles. The van der Waals surface area contributed by atoms with Crippen LogP contribution in [-0.2, 0) is 6.42 Å². The number of oxazole rings is 1. The minimum Gasteiger partial charge on any atom is -0.441 e. The highest BCUT2D eigenvalue weighted by Gasteiger charge is 2.15. The van der Waals surface area contributed by atoms with Crippen LogP contribution in [0.3, 0.4) is 0 Å². The van der Waals surface area contributed by atoms with Crippen LogP contribution in [0.1, 0.15) is 71.4 Å².